The van der Waals surface area contributed by atoms with Crippen molar-refractivity contribution in [3.05, 3.63) is 68.5 Å². The van der Waals surface area contributed by atoms with E-state index in [1.807, 2.05) is 19.1 Å². The molecule has 3 rings (SSSR count). The second-order valence-corrected chi connectivity index (χ2v) is 6.12. The van der Waals surface area contributed by atoms with E-state index in [2.05, 4.69) is 21.2 Å². The third-order valence-electron chi connectivity index (χ3n) is 3.56. The van der Waals surface area contributed by atoms with Gasteiger partial charge in [0.15, 0.2) is 11.3 Å². The van der Waals surface area contributed by atoms with Crippen molar-refractivity contribution in [3.63, 3.8) is 0 Å². The van der Waals surface area contributed by atoms with Crippen LogP contribution >= 0.6 is 15.9 Å². The molecular weight excluding hydrogens is 374 g/mol. The van der Waals surface area contributed by atoms with Crippen LogP contribution in [0.4, 0.5) is 5.69 Å². The van der Waals surface area contributed by atoms with E-state index in [0.717, 1.165) is 10.0 Å². The van der Waals surface area contributed by atoms with Crippen molar-refractivity contribution in [2.24, 2.45) is 0 Å². The van der Waals surface area contributed by atoms with Gasteiger partial charge in [0, 0.05) is 9.86 Å². The Balaban J connectivity index is 2.01. The summed E-state index contributed by atoms with van der Waals surface area (Å²) in [7, 11) is 1.49. The average Bonchev–Trinajstić information content (AvgIpc) is 2.56. The van der Waals surface area contributed by atoms with Crippen LogP contribution in [-0.2, 0) is 0 Å². The van der Waals surface area contributed by atoms with E-state index in [1.54, 1.807) is 24.3 Å². The van der Waals surface area contributed by atoms with Gasteiger partial charge in [-0.25, -0.2) is 4.79 Å². The second-order valence-electron chi connectivity index (χ2n) is 5.26. The maximum atomic E-state index is 12.4. The largest absolute Gasteiger partial charge is 0.493 e. The first-order valence-electron chi connectivity index (χ1n) is 7.18. The highest BCUT2D eigenvalue weighted by molar-refractivity contribution is 9.10. The molecule has 0 unspecified atom stereocenters. The molecule has 1 heterocycles. The number of hydrogen-bond donors (Lipinski definition) is 1. The fraction of sp³-hybridized carbons (Fsp3) is 0.111. The van der Waals surface area contributed by atoms with Crippen molar-refractivity contribution in [2.75, 3.05) is 12.4 Å². The highest BCUT2D eigenvalue weighted by Crippen LogP contribution is 2.26. The monoisotopic (exact) mass is 387 g/mol. The normalized spacial score (nSPS) is 10.6. The van der Waals surface area contributed by atoms with Gasteiger partial charge >= 0.3 is 5.63 Å². The van der Waals surface area contributed by atoms with E-state index in [9.17, 15) is 9.59 Å². The Hall–Kier alpha value is -2.60. The Morgan fingerprint density at radius 3 is 2.71 bits per heavy atom. The van der Waals surface area contributed by atoms with Gasteiger partial charge in [0.1, 0.15) is 5.56 Å². The number of amides is 1. The van der Waals surface area contributed by atoms with Gasteiger partial charge in [0.25, 0.3) is 5.91 Å². The molecule has 0 fully saturated rings. The Morgan fingerprint density at radius 1 is 1.21 bits per heavy atom. The van der Waals surface area contributed by atoms with Crippen LogP contribution in [0, 0.1) is 6.92 Å². The first kappa shape index (κ1) is 16.3. The zero-order valence-electron chi connectivity index (χ0n) is 13.1. The Bertz CT molecular complexity index is 994. The zero-order chi connectivity index (χ0) is 17.3. The molecule has 122 valence electrons. The predicted octanol–water partition coefficient (Wildman–Crippen LogP) is 4.12. The van der Waals surface area contributed by atoms with Gasteiger partial charge in [-0.05, 0) is 52.7 Å². The van der Waals surface area contributed by atoms with Gasteiger partial charge in [0.2, 0.25) is 0 Å². The summed E-state index contributed by atoms with van der Waals surface area (Å²) in [5.41, 5.74) is 1.17. The van der Waals surface area contributed by atoms with E-state index in [0.29, 0.717) is 22.4 Å². The molecule has 0 bridgehead atoms. The molecular formula is C18H14BrNO4. The molecule has 0 atom stereocenters. The molecule has 1 amide bonds. The number of carbonyl (C=O) groups is 1. The van der Waals surface area contributed by atoms with Gasteiger partial charge in [-0.1, -0.05) is 18.2 Å². The summed E-state index contributed by atoms with van der Waals surface area (Å²) >= 11 is 3.39. The maximum Gasteiger partial charge on any atom is 0.349 e. The predicted molar refractivity (Wildman–Crippen MR) is 95.9 cm³/mol. The van der Waals surface area contributed by atoms with E-state index < -0.39 is 11.5 Å². The minimum absolute atomic E-state index is 0.0665. The lowest BCUT2D eigenvalue weighted by molar-refractivity contribution is 0.102. The second kappa shape index (κ2) is 6.49. The lowest BCUT2D eigenvalue weighted by atomic mass is 10.1. The minimum atomic E-state index is -0.715. The molecule has 0 saturated carbocycles. The average molecular weight is 388 g/mol. The Labute approximate surface area is 146 Å². The minimum Gasteiger partial charge on any atom is -0.493 e. The number of nitrogens with one attached hydrogen (secondary N) is 1. The van der Waals surface area contributed by atoms with Crippen LogP contribution in [0.3, 0.4) is 0 Å². The van der Waals surface area contributed by atoms with Crippen LogP contribution < -0.4 is 15.7 Å². The molecule has 0 aliphatic carbocycles. The van der Waals surface area contributed by atoms with Crippen molar-refractivity contribution >= 4 is 38.5 Å². The first-order chi connectivity index (χ1) is 11.5. The van der Waals surface area contributed by atoms with Gasteiger partial charge in [-0.3, -0.25) is 4.79 Å². The molecule has 6 heteroatoms. The first-order valence-corrected chi connectivity index (χ1v) is 7.97. The molecule has 3 aromatic rings. The molecule has 0 saturated heterocycles. The van der Waals surface area contributed by atoms with Crippen LogP contribution in [0.2, 0.25) is 0 Å². The lowest BCUT2D eigenvalue weighted by Crippen LogP contribution is -2.21. The zero-order valence-corrected chi connectivity index (χ0v) is 14.6. The number of hydrogen-bond acceptors (Lipinski definition) is 4. The molecule has 0 aliphatic heterocycles. The lowest BCUT2D eigenvalue weighted by Gasteiger charge is -2.09. The fourth-order valence-electron chi connectivity index (χ4n) is 2.35. The summed E-state index contributed by atoms with van der Waals surface area (Å²) in [6.07, 6.45) is 0. The summed E-state index contributed by atoms with van der Waals surface area (Å²) in [6.45, 7) is 1.95. The van der Waals surface area contributed by atoms with Crippen molar-refractivity contribution in [1.82, 2.24) is 0 Å². The molecule has 24 heavy (non-hydrogen) atoms. The molecule has 0 spiro atoms. The van der Waals surface area contributed by atoms with Crippen LogP contribution in [0.15, 0.2) is 56.1 Å². The Morgan fingerprint density at radius 2 is 2.00 bits per heavy atom. The number of halogens is 1. The quantitative estimate of drug-likeness (QED) is 0.686. The highest BCUT2D eigenvalue weighted by Gasteiger charge is 2.16. The molecule has 2 aromatic carbocycles. The van der Waals surface area contributed by atoms with Crippen molar-refractivity contribution in [1.29, 1.82) is 0 Å². The van der Waals surface area contributed by atoms with Crippen molar-refractivity contribution < 1.29 is 13.9 Å². The third-order valence-corrected chi connectivity index (χ3v) is 4.22. The van der Waals surface area contributed by atoms with E-state index >= 15 is 0 Å². The van der Waals surface area contributed by atoms with E-state index in [1.165, 1.54) is 13.2 Å². The number of carbonyl (C=O) groups excluding carboxylic acids is 1. The summed E-state index contributed by atoms with van der Waals surface area (Å²) in [4.78, 5) is 24.6. The van der Waals surface area contributed by atoms with Crippen molar-refractivity contribution in [2.45, 2.75) is 6.92 Å². The summed E-state index contributed by atoms with van der Waals surface area (Å²) in [5, 5.41) is 3.32. The number of methoxy groups -OCH3 is 1. The number of rotatable bonds is 3. The van der Waals surface area contributed by atoms with Gasteiger partial charge in [0.05, 0.1) is 12.8 Å². The molecule has 1 N–H and O–H groups in total. The number of ether oxygens (including phenoxy) is 1. The highest BCUT2D eigenvalue weighted by atomic mass is 79.9. The summed E-state index contributed by atoms with van der Waals surface area (Å²) < 4.78 is 11.2. The fourth-order valence-corrected chi connectivity index (χ4v) is 2.94. The SMILES string of the molecule is COc1cccc2cc(C(=O)Nc3ccc(C)cc3Br)c(=O)oc12. The topological polar surface area (TPSA) is 68.5 Å². The molecule has 0 radical (unpaired) electrons. The van der Waals surface area contributed by atoms with E-state index in [-0.39, 0.29) is 5.56 Å². The van der Waals surface area contributed by atoms with Gasteiger partial charge < -0.3 is 14.5 Å². The number of aryl methyl sites for hydroxylation is 1. The van der Waals surface area contributed by atoms with Crippen LogP contribution in [0.1, 0.15) is 15.9 Å². The standard InChI is InChI=1S/C18H14BrNO4/c1-10-6-7-14(13(19)8-10)20-17(21)12-9-11-4-3-5-15(23-2)16(11)24-18(12)22/h3-9H,1-2H3,(H,20,21). The van der Waals surface area contributed by atoms with Crippen molar-refractivity contribution in [3.8, 4) is 5.75 Å². The number of anilines is 1. The van der Waals surface area contributed by atoms with Crippen LogP contribution in [0.5, 0.6) is 5.75 Å². The number of benzene rings is 2. The molecule has 5 nitrogen and oxygen atoms in total. The number of fused-ring (bicyclic) bond motifs is 1. The third kappa shape index (κ3) is 3.05. The smallest absolute Gasteiger partial charge is 0.349 e. The molecule has 0 aliphatic rings. The van der Waals surface area contributed by atoms with Gasteiger partial charge in [-0.2, -0.15) is 0 Å². The summed E-state index contributed by atoms with van der Waals surface area (Å²) in [5.74, 6) is -0.0872. The van der Waals surface area contributed by atoms with Crippen LogP contribution in [-0.4, -0.2) is 13.0 Å². The summed E-state index contributed by atoms with van der Waals surface area (Å²) in [6, 6.07) is 12.2. The van der Waals surface area contributed by atoms with E-state index in [4.69, 9.17) is 9.15 Å². The Kier molecular flexibility index (Phi) is 4.40. The van der Waals surface area contributed by atoms with Gasteiger partial charge in [-0.15, -0.1) is 0 Å². The molecule has 1 aromatic heterocycles. The maximum absolute atomic E-state index is 12.4. The number of para-hydroxylation sites is 1. The van der Waals surface area contributed by atoms with Crippen LogP contribution in [0.25, 0.3) is 11.0 Å².